The molecule has 0 aliphatic rings. The van der Waals surface area contributed by atoms with E-state index in [-0.39, 0.29) is 5.69 Å². The van der Waals surface area contributed by atoms with Gasteiger partial charge in [-0.25, -0.2) is 0 Å². The van der Waals surface area contributed by atoms with E-state index in [1.807, 2.05) is 0 Å². The minimum absolute atomic E-state index is 0.0952. The quantitative estimate of drug-likeness (QED) is 0.516. The summed E-state index contributed by atoms with van der Waals surface area (Å²) in [4.78, 5) is 10.3. The van der Waals surface area contributed by atoms with Crippen molar-refractivity contribution in [1.82, 2.24) is 9.78 Å². The van der Waals surface area contributed by atoms with Crippen molar-refractivity contribution in [1.29, 1.82) is 0 Å². The van der Waals surface area contributed by atoms with Crippen molar-refractivity contribution in [2.24, 2.45) is 5.92 Å². The Morgan fingerprint density at radius 2 is 2.35 bits per heavy atom. The van der Waals surface area contributed by atoms with Crippen molar-refractivity contribution in [3.8, 4) is 0 Å². The minimum atomic E-state index is -0.390. The normalized spacial score (nSPS) is 12.8. The third kappa shape index (κ3) is 2.41. The highest BCUT2D eigenvalue weighted by Crippen LogP contribution is 2.21. The molecule has 0 fully saturated rings. The van der Waals surface area contributed by atoms with E-state index in [1.165, 1.54) is 6.07 Å². The molecule has 90 valence electrons. The Balaban J connectivity index is 2.43. The molecule has 17 heavy (non-hydrogen) atoms. The monoisotopic (exact) mass is 251 g/mol. The van der Waals surface area contributed by atoms with Gasteiger partial charge in [0.05, 0.1) is 16.6 Å². The molecule has 2 rings (SSSR count). The highest BCUT2D eigenvalue weighted by molar-refractivity contribution is 7.80. The maximum Gasteiger partial charge on any atom is 0.271 e. The van der Waals surface area contributed by atoms with Crippen molar-refractivity contribution >= 4 is 29.2 Å². The van der Waals surface area contributed by atoms with E-state index in [0.717, 1.165) is 16.7 Å². The zero-order valence-corrected chi connectivity index (χ0v) is 10.3. The third-order valence-corrected chi connectivity index (χ3v) is 3.26. The Labute approximate surface area is 104 Å². The van der Waals surface area contributed by atoms with E-state index in [1.54, 1.807) is 23.0 Å². The number of non-ortho nitro benzene ring substituents is 1. The number of nitro benzene ring substituents is 1. The van der Waals surface area contributed by atoms with Gasteiger partial charge in [-0.05, 0) is 17.7 Å². The summed E-state index contributed by atoms with van der Waals surface area (Å²) in [6, 6.07) is 4.78. The molecule has 1 unspecified atom stereocenters. The highest BCUT2D eigenvalue weighted by atomic mass is 32.1. The van der Waals surface area contributed by atoms with Gasteiger partial charge >= 0.3 is 0 Å². The van der Waals surface area contributed by atoms with Crippen LogP contribution in [0, 0.1) is 16.0 Å². The fourth-order valence-corrected chi connectivity index (χ4v) is 1.79. The summed E-state index contributed by atoms with van der Waals surface area (Å²) in [7, 11) is 0. The first-order valence-electron chi connectivity index (χ1n) is 5.32. The van der Waals surface area contributed by atoms with Crippen LogP contribution >= 0.6 is 12.6 Å². The van der Waals surface area contributed by atoms with Crippen molar-refractivity contribution in [3.05, 3.63) is 34.5 Å². The van der Waals surface area contributed by atoms with Gasteiger partial charge in [0.15, 0.2) is 0 Å². The maximum absolute atomic E-state index is 10.7. The van der Waals surface area contributed by atoms with Crippen LogP contribution in [0.2, 0.25) is 0 Å². The van der Waals surface area contributed by atoms with E-state index >= 15 is 0 Å². The first kappa shape index (κ1) is 11.9. The summed E-state index contributed by atoms with van der Waals surface area (Å²) >= 11 is 4.22. The van der Waals surface area contributed by atoms with E-state index in [0.29, 0.717) is 12.5 Å². The first-order valence-corrected chi connectivity index (χ1v) is 5.96. The topological polar surface area (TPSA) is 61.0 Å². The number of hydrogen-bond acceptors (Lipinski definition) is 4. The maximum atomic E-state index is 10.7. The fourth-order valence-electron chi connectivity index (χ4n) is 1.67. The van der Waals surface area contributed by atoms with E-state index in [2.05, 4.69) is 24.7 Å². The predicted molar refractivity (Wildman–Crippen MR) is 69.4 cm³/mol. The van der Waals surface area contributed by atoms with Gasteiger partial charge in [-0.1, -0.05) is 6.92 Å². The summed E-state index contributed by atoms with van der Waals surface area (Å²) < 4.78 is 1.79. The molecule has 0 saturated heterocycles. The lowest BCUT2D eigenvalue weighted by atomic mass is 10.2. The molecule has 2 aromatic rings. The van der Waals surface area contributed by atoms with Gasteiger partial charge < -0.3 is 0 Å². The Hall–Kier alpha value is -1.56. The Bertz CT molecular complexity index is 553. The van der Waals surface area contributed by atoms with Crippen LogP contribution in [0.3, 0.4) is 0 Å². The summed E-state index contributed by atoms with van der Waals surface area (Å²) in [5.74, 6) is 1.14. The van der Waals surface area contributed by atoms with Gasteiger partial charge in [0.25, 0.3) is 5.69 Å². The number of nitrogens with zero attached hydrogens (tertiary/aromatic N) is 3. The lowest BCUT2D eigenvalue weighted by Gasteiger charge is -2.08. The molecule has 6 heteroatoms. The summed E-state index contributed by atoms with van der Waals surface area (Å²) in [6.45, 7) is 2.78. The molecule has 0 N–H and O–H groups in total. The molecule has 1 aromatic carbocycles. The van der Waals surface area contributed by atoms with E-state index in [4.69, 9.17) is 0 Å². The highest BCUT2D eigenvalue weighted by Gasteiger charge is 2.11. The lowest BCUT2D eigenvalue weighted by molar-refractivity contribution is -0.384. The zero-order valence-electron chi connectivity index (χ0n) is 9.41. The molecule has 1 heterocycles. The van der Waals surface area contributed by atoms with E-state index in [9.17, 15) is 10.1 Å². The second-order valence-corrected chi connectivity index (χ2v) is 4.48. The molecule has 0 amide bonds. The zero-order chi connectivity index (χ0) is 12.4. The van der Waals surface area contributed by atoms with Crippen molar-refractivity contribution < 1.29 is 4.92 Å². The van der Waals surface area contributed by atoms with Crippen LogP contribution in [-0.2, 0) is 6.54 Å². The standard InChI is InChI=1S/C11H13N3O2S/c1-8(7-17)6-13-11-4-10(14(15)16)3-2-9(11)5-12-13/h2-5,8,17H,6-7H2,1H3. The second kappa shape index (κ2) is 4.75. The molecule has 1 aromatic heterocycles. The molecule has 0 aliphatic carbocycles. The fraction of sp³-hybridized carbons (Fsp3) is 0.364. The molecule has 0 bridgehead atoms. The molecule has 1 atom stereocenters. The van der Waals surface area contributed by atoms with Crippen LogP contribution in [0.1, 0.15) is 6.92 Å². The molecule has 0 spiro atoms. The van der Waals surface area contributed by atoms with E-state index < -0.39 is 4.92 Å². The van der Waals surface area contributed by atoms with Crippen LogP contribution in [-0.4, -0.2) is 20.5 Å². The molecule has 0 saturated carbocycles. The number of aromatic nitrogens is 2. The molecule has 5 nitrogen and oxygen atoms in total. The largest absolute Gasteiger partial charge is 0.271 e. The van der Waals surface area contributed by atoms with Gasteiger partial charge in [0.1, 0.15) is 0 Å². The van der Waals surface area contributed by atoms with Crippen molar-refractivity contribution in [2.45, 2.75) is 13.5 Å². The summed E-state index contributed by atoms with van der Waals surface area (Å²) in [5, 5.41) is 15.9. The number of rotatable bonds is 4. The SMILES string of the molecule is CC(CS)Cn1ncc2ccc([N+](=O)[O-])cc21. The lowest BCUT2D eigenvalue weighted by Crippen LogP contribution is -2.09. The summed E-state index contributed by atoms with van der Waals surface area (Å²) in [6.07, 6.45) is 1.73. The van der Waals surface area contributed by atoms with Crippen LogP contribution in [0.25, 0.3) is 10.9 Å². The van der Waals surface area contributed by atoms with Crippen molar-refractivity contribution in [3.63, 3.8) is 0 Å². The predicted octanol–water partition coefficient (Wildman–Crippen LogP) is 2.51. The minimum Gasteiger partial charge on any atom is -0.264 e. The Morgan fingerprint density at radius 1 is 1.59 bits per heavy atom. The number of benzene rings is 1. The third-order valence-electron chi connectivity index (χ3n) is 2.64. The van der Waals surface area contributed by atoms with Gasteiger partial charge in [0.2, 0.25) is 0 Å². The number of thiol groups is 1. The van der Waals surface area contributed by atoms with Crippen LogP contribution in [0.15, 0.2) is 24.4 Å². The van der Waals surface area contributed by atoms with Gasteiger partial charge in [-0.15, -0.1) is 0 Å². The van der Waals surface area contributed by atoms with Crippen LogP contribution in [0.5, 0.6) is 0 Å². The smallest absolute Gasteiger partial charge is 0.264 e. The average molecular weight is 251 g/mol. The average Bonchev–Trinajstić information content (AvgIpc) is 2.71. The Morgan fingerprint density at radius 3 is 3.00 bits per heavy atom. The molecule has 0 radical (unpaired) electrons. The van der Waals surface area contributed by atoms with Crippen molar-refractivity contribution in [2.75, 3.05) is 5.75 Å². The van der Waals surface area contributed by atoms with Gasteiger partial charge in [-0.3, -0.25) is 14.8 Å². The van der Waals surface area contributed by atoms with Crippen LogP contribution in [0.4, 0.5) is 5.69 Å². The first-order chi connectivity index (χ1) is 8.11. The molecular formula is C11H13N3O2S. The number of fused-ring (bicyclic) bond motifs is 1. The number of nitro groups is 1. The Kier molecular flexibility index (Phi) is 3.33. The summed E-state index contributed by atoms with van der Waals surface area (Å²) in [5.41, 5.74) is 0.894. The van der Waals surface area contributed by atoms with Crippen LogP contribution < -0.4 is 0 Å². The molecule has 0 aliphatic heterocycles. The van der Waals surface area contributed by atoms with Gasteiger partial charge in [-0.2, -0.15) is 17.7 Å². The van der Waals surface area contributed by atoms with Gasteiger partial charge in [0, 0.05) is 24.1 Å². The molecular weight excluding hydrogens is 238 g/mol. The second-order valence-electron chi connectivity index (χ2n) is 4.11. The number of hydrogen-bond donors (Lipinski definition) is 1.